The molecule has 0 radical (unpaired) electrons. The summed E-state index contributed by atoms with van der Waals surface area (Å²) in [6, 6.07) is 5.44. The van der Waals surface area contributed by atoms with Gasteiger partial charge in [0.15, 0.2) is 6.61 Å². The molecule has 0 unspecified atom stereocenters. The number of carbonyl (C=O) groups excluding carboxylic acids is 2. The van der Waals surface area contributed by atoms with E-state index in [0.717, 1.165) is 19.3 Å². The zero-order valence-corrected chi connectivity index (χ0v) is 15.6. The van der Waals surface area contributed by atoms with Crippen molar-refractivity contribution in [3.63, 3.8) is 0 Å². The van der Waals surface area contributed by atoms with Gasteiger partial charge in [0.05, 0.1) is 14.2 Å². The number of nitrogens with one attached hydrogen (secondary N) is 1. The quantitative estimate of drug-likeness (QED) is 0.597. The SMILES string of the molecule is COc1ccc(OC)c(/C=C/C(=O)OCC(=O)N[C@@H]2CCCC[C@@H]2C)c1. The van der Waals surface area contributed by atoms with Gasteiger partial charge in [0.2, 0.25) is 0 Å². The van der Waals surface area contributed by atoms with E-state index in [9.17, 15) is 9.59 Å². The first-order valence-corrected chi connectivity index (χ1v) is 8.89. The van der Waals surface area contributed by atoms with E-state index in [1.54, 1.807) is 38.5 Å². The van der Waals surface area contributed by atoms with E-state index < -0.39 is 5.97 Å². The van der Waals surface area contributed by atoms with Gasteiger partial charge >= 0.3 is 5.97 Å². The maximum Gasteiger partial charge on any atom is 0.331 e. The number of hydrogen-bond acceptors (Lipinski definition) is 5. The van der Waals surface area contributed by atoms with Crippen molar-refractivity contribution in [1.29, 1.82) is 0 Å². The van der Waals surface area contributed by atoms with Gasteiger partial charge < -0.3 is 19.5 Å². The summed E-state index contributed by atoms with van der Waals surface area (Å²) < 4.78 is 15.4. The number of esters is 1. The lowest BCUT2D eigenvalue weighted by atomic mass is 9.86. The molecule has 1 aliphatic carbocycles. The smallest absolute Gasteiger partial charge is 0.331 e. The van der Waals surface area contributed by atoms with Crippen LogP contribution in [-0.4, -0.2) is 38.7 Å². The zero-order valence-electron chi connectivity index (χ0n) is 15.6. The fraction of sp³-hybridized carbons (Fsp3) is 0.500. The third-order valence-corrected chi connectivity index (χ3v) is 4.64. The Morgan fingerprint density at radius 1 is 1.19 bits per heavy atom. The van der Waals surface area contributed by atoms with E-state index in [1.807, 2.05) is 0 Å². The van der Waals surface area contributed by atoms with Gasteiger partial charge in [-0.2, -0.15) is 0 Å². The molecule has 142 valence electrons. The molecule has 26 heavy (non-hydrogen) atoms. The molecule has 1 fully saturated rings. The average Bonchev–Trinajstić information content (AvgIpc) is 2.66. The Morgan fingerprint density at radius 3 is 2.65 bits per heavy atom. The molecule has 1 aliphatic rings. The molecule has 6 heteroatoms. The number of benzene rings is 1. The Kier molecular flexibility index (Phi) is 7.51. The van der Waals surface area contributed by atoms with Crippen LogP contribution >= 0.6 is 0 Å². The van der Waals surface area contributed by atoms with Gasteiger partial charge in [0, 0.05) is 17.7 Å². The number of hydrogen-bond donors (Lipinski definition) is 1. The third kappa shape index (κ3) is 5.79. The fourth-order valence-corrected chi connectivity index (χ4v) is 3.09. The normalized spacial score (nSPS) is 19.8. The fourth-order valence-electron chi connectivity index (χ4n) is 3.09. The second-order valence-electron chi connectivity index (χ2n) is 6.48. The summed E-state index contributed by atoms with van der Waals surface area (Å²) in [6.07, 6.45) is 7.28. The molecule has 0 bridgehead atoms. The van der Waals surface area contributed by atoms with Gasteiger partial charge in [-0.15, -0.1) is 0 Å². The van der Waals surface area contributed by atoms with E-state index in [1.165, 1.54) is 12.5 Å². The summed E-state index contributed by atoms with van der Waals surface area (Å²) in [7, 11) is 3.11. The van der Waals surface area contributed by atoms with Crippen LogP contribution < -0.4 is 14.8 Å². The lowest BCUT2D eigenvalue weighted by Gasteiger charge is -2.29. The van der Waals surface area contributed by atoms with Gasteiger partial charge in [-0.1, -0.05) is 19.8 Å². The summed E-state index contributed by atoms with van der Waals surface area (Å²) in [4.78, 5) is 23.8. The van der Waals surface area contributed by atoms with E-state index in [2.05, 4.69) is 12.2 Å². The molecule has 6 nitrogen and oxygen atoms in total. The predicted octanol–water partition coefficient (Wildman–Crippen LogP) is 2.96. The first kappa shape index (κ1) is 19.8. The van der Waals surface area contributed by atoms with Crippen molar-refractivity contribution in [2.75, 3.05) is 20.8 Å². The Labute approximate surface area is 154 Å². The van der Waals surface area contributed by atoms with Crippen molar-refractivity contribution < 1.29 is 23.8 Å². The lowest BCUT2D eigenvalue weighted by Crippen LogP contribution is -2.42. The minimum Gasteiger partial charge on any atom is -0.497 e. The molecular weight excluding hydrogens is 334 g/mol. The number of rotatable bonds is 7. The highest BCUT2D eigenvalue weighted by molar-refractivity contribution is 5.89. The van der Waals surface area contributed by atoms with Crippen molar-refractivity contribution in [3.8, 4) is 11.5 Å². The van der Waals surface area contributed by atoms with Crippen LogP contribution in [-0.2, 0) is 14.3 Å². The number of ether oxygens (including phenoxy) is 3. The maximum absolute atomic E-state index is 12.0. The largest absolute Gasteiger partial charge is 0.497 e. The first-order chi connectivity index (χ1) is 12.5. The van der Waals surface area contributed by atoms with Crippen molar-refractivity contribution in [2.24, 2.45) is 5.92 Å². The molecule has 0 spiro atoms. The molecule has 0 heterocycles. The van der Waals surface area contributed by atoms with Gasteiger partial charge in [-0.05, 0) is 43.0 Å². The Balaban J connectivity index is 1.84. The van der Waals surface area contributed by atoms with Crippen molar-refractivity contribution in [1.82, 2.24) is 5.32 Å². The van der Waals surface area contributed by atoms with Gasteiger partial charge in [-0.25, -0.2) is 4.79 Å². The van der Waals surface area contributed by atoms with E-state index in [0.29, 0.717) is 23.0 Å². The van der Waals surface area contributed by atoms with Crippen LogP contribution in [0.2, 0.25) is 0 Å². The number of amides is 1. The van der Waals surface area contributed by atoms with Gasteiger partial charge in [-0.3, -0.25) is 4.79 Å². The molecule has 0 aromatic heterocycles. The van der Waals surface area contributed by atoms with Crippen LogP contribution in [0, 0.1) is 5.92 Å². The van der Waals surface area contributed by atoms with Crippen LogP contribution in [0.4, 0.5) is 0 Å². The Morgan fingerprint density at radius 2 is 1.96 bits per heavy atom. The van der Waals surface area contributed by atoms with Crippen molar-refractivity contribution >= 4 is 18.0 Å². The topological polar surface area (TPSA) is 73.9 Å². The molecule has 2 rings (SSSR count). The molecule has 1 amide bonds. The standard InChI is InChI=1S/C20H27NO5/c1-14-6-4-5-7-17(14)21-19(22)13-26-20(23)11-8-15-12-16(24-2)9-10-18(15)25-3/h8-12,14,17H,4-7,13H2,1-3H3,(H,21,22)/b11-8+/t14-,17+/m0/s1. The number of methoxy groups -OCH3 is 2. The van der Waals surface area contributed by atoms with Crippen molar-refractivity contribution in [3.05, 3.63) is 29.8 Å². The number of carbonyl (C=O) groups is 2. The first-order valence-electron chi connectivity index (χ1n) is 8.89. The maximum atomic E-state index is 12.0. The predicted molar refractivity (Wildman–Crippen MR) is 99.1 cm³/mol. The molecule has 0 aliphatic heterocycles. The van der Waals surface area contributed by atoms with Crippen LogP contribution in [0.25, 0.3) is 6.08 Å². The summed E-state index contributed by atoms with van der Waals surface area (Å²) in [5.74, 6) is 0.883. The van der Waals surface area contributed by atoms with Gasteiger partial charge in [0.1, 0.15) is 11.5 Å². The second-order valence-corrected chi connectivity index (χ2v) is 6.48. The van der Waals surface area contributed by atoms with Crippen LogP contribution in [0.1, 0.15) is 38.2 Å². The third-order valence-electron chi connectivity index (χ3n) is 4.64. The molecule has 1 aromatic rings. The molecule has 1 aromatic carbocycles. The van der Waals surface area contributed by atoms with Crippen molar-refractivity contribution in [2.45, 2.75) is 38.6 Å². The van der Waals surface area contributed by atoms with Crippen LogP contribution in [0.3, 0.4) is 0 Å². The van der Waals surface area contributed by atoms with E-state index >= 15 is 0 Å². The highest BCUT2D eigenvalue weighted by Crippen LogP contribution is 2.25. The summed E-state index contributed by atoms with van der Waals surface area (Å²) >= 11 is 0. The molecule has 0 saturated heterocycles. The van der Waals surface area contributed by atoms with Gasteiger partial charge in [0.25, 0.3) is 5.91 Å². The molecule has 2 atom stereocenters. The summed E-state index contributed by atoms with van der Waals surface area (Å²) in [6.45, 7) is 1.86. The van der Waals surface area contributed by atoms with E-state index in [4.69, 9.17) is 14.2 Å². The molecular formula is C20H27NO5. The monoisotopic (exact) mass is 361 g/mol. The highest BCUT2D eigenvalue weighted by atomic mass is 16.5. The lowest BCUT2D eigenvalue weighted by molar-refractivity contribution is -0.144. The Bertz CT molecular complexity index is 656. The Hall–Kier alpha value is -2.50. The van der Waals surface area contributed by atoms with Crippen LogP contribution in [0.15, 0.2) is 24.3 Å². The summed E-state index contributed by atoms with van der Waals surface area (Å²) in [5, 5.41) is 2.95. The van der Waals surface area contributed by atoms with Crippen LogP contribution in [0.5, 0.6) is 11.5 Å². The molecule has 1 N–H and O–H groups in total. The minimum absolute atomic E-state index is 0.173. The summed E-state index contributed by atoms with van der Waals surface area (Å²) in [5.41, 5.74) is 0.685. The second kappa shape index (κ2) is 9.85. The average molecular weight is 361 g/mol. The minimum atomic E-state index is -0.582. The molecule has 1 saturated carbocycles. The highest BCUT2D eigenvalue weighted by Gasteiger charge is 2.22. The van der Waals surface area contributed by atoms with E-state index in [-0.39, 0.29) is 18.6 Å². The zero-order chi connectivity index (χ0) is 18.9.